The molecule has 6 nitrogen and oxygen atoms in total. The third kappa shape index (κ3) is 8.83. The molecule has 32 heavy (non-hydrogen) atoms. The van der Waals surface area contributed by atoms with Gasteiger partial charge in [-0.25, -0.2) is 4.79 Å². The normalized spacial score (nSPS) is 18.4. The molecule has 1 aromatic carbocycles. The second-order valence-electron chi connectivity index (χ2n) is 8.99. The molecule has 0 aliphatic heterocycles. The Morgan fingerprint density at radius 3 is 2.53 bits per heavy atom. The first-order valence-corrected chi connectivity index (χ1v) is 12.0. The first kappa shape index (κ1) is 26.2. The van der Waals surface area contributed by atoms with Gasteiger partial charge in [0.05, 0.1) is 13.2 Å². The number of methoxy groups -OCH3 is 1. The van der Waals surface area contributed by atoms with Gasteiger partial charge in [0, 0.05) is 31.9 Å². The lowest BCUT2D eigenvalue weighted by molar-refractivity contribution is 0.0130. The van der Waals surface area contributed by atoms with Crippen molar-refractivity contribution >= 4 is 11.7 Å². The van der Waals surface area contributed by atoms with Crippen LogP contribution < -0.4 is 10.1 Å². The monoisotopic (exact) mass is 445 g/mol. The van der Waals surface area contributed by atoms with E-state index >= 15 is 0 Å². The number of rotatable bonds is 13. The van der Waals surface area contributed by atoms with Crippen LogP contribution in [0.15, 0.2) is 30.9 Å². The summed E-state index contributed by atoms with van der Waals surface area (Å²) in [7, 11) is 5.68. The third-order valence-electron chi connectivity index (χ3n) is 6.42. The van der Waals surface area contributed by atoms with E-state index in [0.717, 1.165) is 68.8 Å². The lowest BCUT2D eigenvalue weighted by Crippen LogP contribution is -2.42. The third-order valence-corrected chi connectivity index (χ3v) is 6.42. The predicted molar refractivity (Wildman–Crippen MR) is 133 cm³/mol. The molecular formula is C26H43N3O3. The number of anilines is 1. The van der Waals surface area contributed by atoms with Crippen molar-refractivity contribution in [3.05, 3.63) is 36.4 Å². The summed E-state index contributed by atoms with van der Waals surface area (Å²) in [5.41, 5.74) is 1.82. The van der Waals surface area contributed by atoms with Crippen LogP contribution in [-0.2, 0) is 4.74 Å². The molecule has 0 unspecified atom stereocenters. The fourth-order valence-electron chi connectivity index (χ4n) is 4.27. The maximum Gasteiger partial charge on any atom is 0.321 e. The van der Waals surface area contributed by atoms with E-state index in [4.69, 9.17) is 9.47 Å². The number of hydrogen-bond donors (Lipinski definition) is 1. The quantitative estimate of drug-likeness (QED) is 0.323. The van der Waals surface area contributed by atoms with E-state index in [1.54, 1.807) is 7.11 Å². The molecule has 0 atom stereocenters. The Bertz CT molecular complexity index is 702. The van der Waals surface area contributed by atoms with Crippen molar-refractivity contribution in [3.63, 3.8) is 0 Å². The molecule has 0 radical (unpaired) electrons. The lowest BCUT2D eigenvalue weighted by atomic mass is 9.92. The molecule has 1 aliphatic rings. The fourth-order valence-corrected chi connectivity index (χ4v) is 4.27. The van der Waals surface area contributed by atoms with E-state index in [1.165, 1.54) is 19.3 Å². The topological polar surface area (TPSA) is 54.0 Å². The number of carbonyl (C=O) groups excluding carboxylic acids is 1. The highest BCUT2D eigenvalue weighted by Gasteiger charge is 2.27. The largest absolute Gasteiger partial charge is 0.497 e. The molecule has 0 bridgehead atoms. The van der Waals surface area contributed by atoms with Crippen molar-refractivity contribution in [3.8, 4) is 5.75 Å². The minimum Gasteiger partial charge on any atom is -0.497 e. The van der Waals surface area contributed by atoms with Crippen molar-refractivity contribution in [2.75, 3.05) is 46.2 Å². The minimum absolute atomic E-state index is 0.0543. The number of aryl methyl sites for hydroxylation is 1. The van der Waals surface area contributed by atoms with Crippen LogP contribution in [0.4, 0.5) is 10.5 Å². The number of carbonyl (C=O) groups is 1. The molecule has 2 rings (SSSR count). The molecule has 1 aliphatic carbocycles. The molecule has 1 saturated carbocycles. The number of urea groups is 1. The molecule has 0 saturated heterocycles. The van der Waals surface area contributed by atoms with E-state index < -0.39 is 0 Å². The van der Waals surface area contributed by atoms with Gasteiger partial charge >= 0.3 is 6.03 Å². The molecule has 6 heteroatoms. The SMILES string of the molecule is C=CCN(C)CCCCCCOC1CCC(N(C)C(=O)Nc2ccc(OC)cc2C)CC1. The smallest absolute Gasteiger partial charge is 0.321 e. The Balaban J connectivity index is 1.60. The molecule has 1 fully saturated rings. The Morgan fingerprint density at radius 2 is 1.88 bits per heavy atom. The molecule has 0 aromatic heterocycles. The maximum absolute atomic E-state index is 12.7. The molecule has 180 valence electrons. The van der Waals surface area contributed by atoms with Crippen molar-refractivity contribution < 1.29 is 14.3 Å². The van der Waals surface area contributed by atoms with Crippen LogP contribution in [0.2, 0.25) is 0 Å². The number of benzene rings is 1. The Kier molecular flexibility index (Phi) is 11.6. The number of nitrogens with one attached hydrogen (secondary N) is 1. The van der Waals surface area contributed by atoms with Gasteiger partial charge in [0.15, 0.2) is 0 Å². The number of nitrogens with zero attached hydrogens (tertiary/aromatic N) is 2. The summed E-state index contributed by atoms with van der Waals surface area (Å²) >= 11 is 0. The number of unbranched alkanes of at least 4 members (excludes halogenated alkanes) is 3. The summed E-state index contributed by atoms with van der Waals surface area (Å²) in [6.07, 6.45) is 11.2. The highest BCUT2D eigenvalue weighted by molar-refractivity contribution is 5.90. The Morgan fingerprint density at radius 1 is 1.16 bits per heavy atom. The first-order chi connectivity index (χ1) is 15.4. The minimum atomic E-state index is -0.0543. The van der Waals surface area contributed by atoms with E-state index in [-0.39, 0.29) is 12.1 Å². The number of hydrogen-bond acceptors (Lipinski definition) is 4. The second-order valence-corrected chi connectivity index (χ2v) is 8.99. The zero-order valence-electron chi connectivity index (χ0n) is 20.6. The fraction of sp³-hybridized carbons (Fsp3) is 0.654. The van der Waals surface area contributed by atoms with Crippen LogP contribution in [0, 0.1) is 6.92 Å². The zero-order valence-corrected chi connectivity index (χ0v) is 20.6. The number of ether oxygens (including phenoxy) is 2. The molecule has 1 N–H and O–H groups in total. The average molecular weight is 446 g/mol. The summed E-state index contributed by atoms with van der Waals surface area (Å²) in [4.78, 5) is 16.9. The van der Waals surface area contributed by atoms with Crippen LogP contribution in [0.3, 0.4) is 0 Å². The molecule has 0 spiro atoms. The zero-order chi connectivity index (χ0) is 23.3. The van der Waals surface area contributed by atoms with Crippen LogP contribution in [-0.4, -0.2) is 68.9 Å². The van der Waals surface area contributed by atoms with E-state index in [9.17, 15) is 4.79 Å². The standard InChI is InChI=1S/C26H43N3O3/c1-6-17-28(3)18-9-7-8-10-19-32-23-13-11-22(12-14-23)29(4)26(30)27-25-16-15-24(31-5)20-21(25)2/h6,15-16,20,22-23H,1,7-14,17-19H2,2-5H3,(H,27,30). The van der Waals surface area contributed by atoms with Gasteiger partial charge in [-0.2, -0.15) is 0 Å². The molecule has 1 aromatic rings. The van der Waals surface area contributed by atoms with Crippen LogP contribution >= 0.6 is 0 Å². The maximum atomic E-state index is 12.7. The summed E-state index contributed by atoms with van der Waals surface area (Å²) < 4.78 is 11.4. The van der Waals surface area contributed by atoms with Gasteiger partial charge in [-0.05, 0) is 82.8 Å². The molecule has 0 heterocycles. The lowest BCUT2D eigenvalue weighted by Gasteiger charge is -2.34. The average Bonchev–Trinajstić information content (AvgIpc) is 2.79. The predicted octanol–water partition coefficient (Wildman–Crippen LogP) is 5.47. The number of likely N-dealkylation sites (N-methyl/N-ethyl adjacent to an activating group) is 1. The molecular weight excluding hydrogens is 402 g/mol. The van der Waals surface area contributed by atoms with Crippen molar-refractivity contribution in [1.29, 1.82) is 0 Å². The summed E-state index contributed by atoms with van der Waals surface area (Å²) in [5.74, 6) is 0.795. The van der Waals surface area contributed by atoms with Crippen molar-refractivity contribution in [2.45, 2.75) is 70.4 Å². The summed E-state index contributed by atoms with van der Waals surface area (Å²) in [6.45, 7) is 8.70. The van der Waals surface area contributed by atoms with Crippen LogP contribution in [0.25, 0.3) is 0 Å². The van der Waals surface area contributed by atoms with Crippen LogP contribution in [0.1, 0.15) is 56.9 Å². The first-order valence-electron chi connectivity index (χ1n) is 12.0. The summed E-state index contributed by atoms with van der Waals surface area (Å²) in [6, 6.07) is 5.90. The highest BCUT2D eigenvalue weighted by atomic mass is 16.5. The van der Waals surface area contributed by atoms with E-state index in [1.807, 2.05) is 43.1 Å². The van der Waals surface area contributed by atoms with Crippen LogP contribution in [0.5, 0.6) is 5.75 Å². The molecule has 2 amide bonds. The Hall–Kier alpha value is -2.05. The van der Waals surface area contributed by atoms with E-state index in [0.29, 0.717) is 6.10 Å². The van der Waals surface area contributed by atoms with Crippen molar-refractivity contribution in [1.82, 2.24) is 9.80 Å². The van der Waals surface area contributed by atoms with Gasteiger partial charge in [0.25, 0.3) is 0 Å². The van der Waals surface area contributed by atoms with Crippen molar-refractivity contribution in [2.24, 2.45) is 0 Å². The van der Waals surface area contributed by atoms with E-state index in [2.05, 4.69) is 23.8 Å². The van der Waals surface area contributed by atoms with Gasteiger partial charge < -0.3 is 24.6 Å². The van der Waals surface area contributed by atoms with Gasteiger partial charge in [0.2, 0.25) is 0 Å². The van der Waals surface area contributed by atoms with Gasteiger partial charge in [-0.1, -0.05) is 18.9 Å². The highest BCUT2D eigenvalue weighted by Crippen LogP contribution is 2.26. The van der Waals surface area contributed by atoms with Gasteiger partial charge in [-0.3, -0.25) is 0 Å². The second kappa shape index (κ2) is 14.2. The Labute approximate surface area is 194 Å². The number of amides is 2. The van der Waals surface area contributed by atoms with Gasteiger partial charge in [-0.15, -0.1) is 6.58 Å². The van der Waals surface area contributed by atoms with Gasteiger partial charge in [0.1, 0.15) is 5.75 Å². The summed E-state index contributed by atoms with van der Waals surface area (Å²) in [5, 5.41) is 3.03.